The Labute approximate surface area is 90.6 Å². The molecule has 2 aromatic heterocycles. The molecule has 3 nitrogen and oxygen atoms in total. The van der Waals surface area contributed by atoms with Gasteiger partial charge in [-0.2, -0.15) is 0 Å². The van der Waals surface area contributed by atoms with Gasteiger partial charge < -0.3 is 5.73 Å². The van der Waals surface area contributed by atoms with Gasteiger partial charge in [-0.1, -0.05) is 11.6 Å². The van der Waals surface area contributed by atoms with E-state index in [-0.39, 0.29) is 0 Å². The first kappa shape index (κ1) is 9.43. The Morgan fingerprint density at radius 1 is 1.43 bits per heavy atom. The van der Waals surface area contributed by atoms with E-state index in [1.807, 2.05) is 18.4 Å². The second-order valence-electron chi connectivity index (χ2n) is 2.84. The second kappa shape index (κ2) is 3.55. The second-order valence-corrected chi connectivity index (χ2v) is 4.36. The molecule has 14 heavy (non-hydrogen) atoms. The molecular weight excluding hydrogens is 218 g/mol. The van der Waals surface area contributed by atoms with Gasteiger partial charge in [0.15, 0.2) is 0 Å². The molecule has 2 N–H and O–H groups in total. The molecule has 2 rings (SSSR count). The molecule has 0 fully saturated rings. The number of aromatic nitrogens is 2. The summed E-state index contributed by atoms with van der Waals surface area (Å²) < 4.78 is 0.728. The summed E-state index contributed by atoms with van der Waals surface area (Å²) in [4.78, 5) is 8.08. The topological polar surface area (TPSA) is 51.8 Å². The van der Waals surface area contributed by atoms with Crippen LogP contribution in [0.25, 0.3) is 11.3 Å². The number of hydrogen-bond acceptors (Lipinski definition) is 4. The van der Waals surface area contributed by atoms with Gasteiger partial charge in [-0.15, -0.1) is 11.3 Å². The fourth-order valence-electron chi connectivity index (χ4n) is 1.20. The van der Waals surface area contributed by atoms with Gasteiger partial charge in [0.25, 0.3) is 0 Å². The molecular formula is C9H8ClN3S. The van der Waals surface area contributed by atoms with E-state index in [2.05, 4.69) is 9.97 Å². The van der Waals surface area contributed by atoms with Crippen molar-refractivity contribution in [1.29, 1.82) is 0 Å². The maximum absolute atomic E-state index is 6.02. The van der Waals surface area contributed by atoms with Gasteiger partial charge >= 0.3 is 0 Å². The van der Waals surface area contributed by atoms with Gasteiger partial charge in [0.2, 0.25) is 0 Å². The zero-order chi connectivity index (χ0) is 10.1. The van der Waals surface area contributed by atoms with Crippen LogP contribution in [0.4, 0.5) is 5.82 Å². The van der Waals surface area contributed by atoms with Crippen LogP contribution in [-0.4, -0.2) is 9.97 Å². The Balaban J connectivity index is 2.63. The van der Waals surface area contributed by atoms with Gasteiger partial charge in [0, 0.05) is 11.1 Å². The molecule has 72 valence electrons. The number of hydrogen-bond donors (Lipinski definition) is 1. The van der Waals surface area contributed by atoms with Gasteiger partial charge in [-0.25, -0.2) is 9.97 Å². The van der Waals surface area contributed by atoms with Gasteiger partial charge in [-0.3, -0.25) is 0 Å². The van der Waals surface area contributed by atoms with Gasteiger partial charge in [0.05, 0.1) is 5.69 Å². The van der Waals surface area contributed by atoms with E-state index >= 15 is 0 Å². The minimum absolute atomic E-state index is 0.497. The quantitative estimate of drug-likeness (QED) is 0.812. The monoisotopic (exact) mass is 225 g/mol. The SMILES string of the molecule is Cc1c(N)ncnc1-c1ccsc1Cl. The molecule has 5 heteroatoms. The molecule has 0 amide bonds. The predicted molar refractivity (Wildman–Crippen MR) is 59.5 cm³/mol. The molecule has 2 heterocycles. The van der Waals surface area contributed by atoms with E-state index in [4.69, 9.17) is 17.3 Å². The molecule has 2 aromatic rings. The fourth-order valence-corrected chi connectivity index (χ4v) is 2.12. The highest BCUT2D eigenvalue weighted by Gasteiger charge is 2.10. The molecule has 0 aliphatic carbocycles. The third kappa shape index (κ3) is 1.47. The average Bonchev–Trinajstić information content (AvgIpc) is 2.57. The minimum Gasteiger partial charge on any atom is -0.383 e. The maximum atomic E-state index is 6.02. The summed E-state index contributed by atoms with van der Waals surface area (Å²) in [5.74, 6) is 0.497. The normalized spacial score (nSPS) is 10.4. The Kier molecular flexibility index (Phi) is 2.39. The zero-order valence-electron chi connectivity index (χ0n) is 7.49. The Morgan fingerprint density at radius 2 is 2.21 bits per heavy atom. The molecule has 0 saturated heterocycles. The third-order valence-corrected chi connectivity index (χ3v) is 3.17. The van der Waals surface area contributed by atoms with E-state index in [0.717, 1.165) is 21.2 Å². The Bertz CT molecular complexity index is 467. The number of anilines is 1. The van der Waals surface area contributed by atoms with Gasteiger partial charge in [-0.05, 0) is 18.4 Å². The Morgan fingerprint density at radius 3 is 2.86 bits per heavy atom. The van der Waals surface area contributed by atoms with Crippen LogP contribution >= 0.6 is 22.9 Å². The summed E-state index contributed by atoms with van der Waals surface area (Å²) in [5, 5.41) is 1.93. The van der Waals surface area contributed by atoms with E-state index in [9.17, 15) is 0 Å². The lowest BCUT2D eigenvalue weighted by Gasteiger charge is -2.04. The van der Waals surface area contributed by atoms with Crippen LogP contribution in [0.15, 0.2) is 17.8 Å². The average molecular weight is 226 g/mol. The van der Waals surface area contributed by atoms with E-state index in [1.54, 1.807) is 0 Å². The van der Waals surface area contributed by atoms with Crippen molar-refractivity contribution >= 4 is 28.8 Å². The molecule has 0 saturated carbocycles. The molecule has 0 aliphatic heterocycles. The Hall–Kier alpha value is -1.13. The van der Waals surface area contributed by atoms with Crippen molar-refractivity contribution in [2.24, 2.45) is 0 Å². The summed E-state index contributed by atoms with van der Waals surface area (Å²) in [7, 11) is 0. The van der Waals surface area contributed by atoms with Crippen LogP contribution in [0.1, 0.15) is 5.56 Å². The predicted octanol–water partition coefficient (Wildman–Crippen LogP) is 2.75. The summed E-state index contributed by atoms with van der Waals surface area (Å²) in [6, 6.07) is 1.93. The van der Waals surface area contributed by atoms with E-state index < -0.39 is 0 Å². The van der Waals surface area contributed by atoms with Crippen molar-refractivity contribution < 1.29 is 0 Å². The standard InChI is InChI=1S/C9H8ClN3S/c1-5-7(12-4-13-9(5)11)6-2-3-14-8(6)10/h2-4H,1H3,(H2,11,12,13). The van der Waals surface area contributed by atoms with Crippen molar-refractivity contribution in [1.82, 2.24) is 9.97 Å². The van der Waals surface area contributed by atoms with Gasteiger partial charge in [0.1, 0.15) is 16.5 Å². The van der Waals surface area contributed by atoms with Crippen LogP contribution in [0.5, 0.6) is 0 Å². The number of nitrogen functional groups attached to an aromatic ring is 1. The summed E-state index contributed by atoms with van der Waals surface area (Å²) >= 11 is 7.49. The molecule has 0 aromatic carbocycles. The summed E-state index contributed by atoms with van der Waals surface area (Å²) in [6.07, 6.45) is 1.45. The first-order valence-electron chi connectivity index (χ1n) is 4.00. The van der Waals surface area contributed by atoms with Crippen LogP contribution in [0.3, 0.4) is 0 Å². The summed E-state index contributed by atoms with van der Waals surface area (Å²) in [5.41, 5.74) is 8.28. The smallest absolute Gasteiger partial charge is 0.130 e. The first-order chi connectivity index (χ1) is 6.70. The van der Waals surface area contributed by atoms with Crippen molar-refractivity contribution in [2.75, 3.05) is 5.73 Å². The molecule has 0 radical (unpaired) electrons. The highest BCUT2D eigenvalue weighted by Crippen LogP contribution is 2.33. The number of nitrogens with zero attached hydrogens (tertiary/aromatic N) is 2. The lowest BCUT2D eigenvalue weighted by atomic mass is 10.1. The van der Waals surface area contributed by atoms with Crippen LogP contribution < -0.4 is 5.73 Å². The van der Waals surface area contributed by atoms with Crippen molar-refractivity contribution in [3.05, 3.63) is 27.7 Å². The van der Waals surface area contributed by atoms with Crippen molar-refractivity contribution in [3.8, 4) is 11.3 Å². The molecule has 0 unspecified atom stereocenters. The zero-order valence-corrected chi connectivity index (χ0v) is 9.06. The lowest BCUT2D eigenvalue weighted by molar-refractivity contribution is 1.15. The molecule has 0 bridgehead atoms. The highest BCUT2D eigenvalue weighted by atomic mass is 35.5. The molecule has 0 spiro atoms. The molecule has 0 aliphatic rings. The number of thiophene rings is 1. The van der Waals surface area contributed by atoms with Crippen LogP contribution in [-0.2, 0) is 0 Å². The highest BCUT2D eigenvalue weighted by molar-refractivity contribution is 7.15. The minimum atomic E-state index is 0.497. The van der Waals surface area contributed by atoms with Crippen molar-refractivity contribution in [3.63, 3.8) is 0 Å². The van der Waals surface area contributed by atoms with Crippen LogP contribution in [0, 0.1) is 6.92 Å². The van der Waals surface area contributed by atoms with Crippen molar-refractivity contribution in [2.45, 2.75) is 6.92 Å². The lowest BCUT2D eigenvalue weighted by Crippen LogP contribution is -1.97. The first-order valence-corrected chi connectivity index (χ1v) is 5.26. The van der Waals surface area contributed by atoms with Crippen LogP contribution in [0.2, 0.25) is 4.34 Å². The van der Waals surface area contributed by atoms with E-state index in [0.29, 0.717) is 5.82 Å². The third-order valence-electron chi connectivity index (χ3n) is 2.00. The summed E-state index contributed by atoms with van der Waals surface area (Å²) in [6.45, 7) is 1.89. The van der Waals surface area contributed by atoms with E-state index in [1.165, 1.54) is 17.7 Å². The number of halogens is 1. The largest absolute Gasteiger partial charge is 0.383 e. The molecule has 0 atom stereocenters. The fraction of sp³-hybridized carbons (Fsp3) is 0.111. The number of nitrogens with two attached hydrogens (primary N) is 1. The number of rotatable bonds is 1. The maximum Gasteiger partial charge on any atom is 0.130 e.